The Labute approximate surface area is 246 Å². The molecule has 0 unspecified atom stereocenters. The van der Waals surface area contributed by atoms with Crippen LogP contribution in [0.2, 0.25) is 0 Å². The van der Waals surface area contributed by atoms with Gasteiger partial charge in [-0.1, -0.05) is 12.1 Å². The molecule has 0 aliphatic heterocycles. The first-order chi connectivity index (χ1) is 19.2. The molecule has 0 atom stereocenters. The van der Waals surface area contributed by atoms with E-state index in [1.807, 2.05) is 0 Å². The van der Waals surface area contributed by atoms with E-state index in [0.717, 1.165) is 28.7 Å². The van der Waals surface area contributed by atoms with E-state index in [2.05, 4.69) is 0 Å². The van der Waals surface area contributed by atoms with E-state index in [-0.39, 0.29) is 45.7 Å². The summed E-state index contributed by atoms with van der Waals surface area (Å²) in [5, 5.41) is 0. The van der Waals surface area contributed by atoms with Gasteiger partial charge in [-0.2, -0.15) is 22.0 Å². The molecule has 13 heteroatoms. The maximum atomic E-state index is 14.1. The Balaban J connectivity index is 1.55. The predicted molar refractivity (Wildman–Crippen MR) is 150 cm³/mol. The molecule has 216 valence electrons. The lowest BCUT2D eigenvalue weighted by Gasteiger charge is -2.16. The van der Waals surface area contributed by atoms with Gasteiger partial charge in [0.1, 0.15) is 23.0 Å². The summed E-state index contributed by atoms with van der Waals surface area (Å²) in [6, 6.07) is 17.3. The predicted octanol–water partition coefficient (Wildman–Crippen LogP) is 7.52. The zero-order valence-electron chi connectivity index (χ0n) is 21.0. The largest absolute Gasteiger partial charge is 0.457 e. The standard InChI is InChI=1S/C28H22F5IN2O4S/c29-27(30,31)23-11-1-17(15-35)13-25(23)39-19-3-7-21(8-4-19)41(37,38)22-9-5-20(6-10-22)40-26-14-18(16-36)2-12-24(26)28(32,33)34/h1-14H,15-16,35-36H2. The van der Waals surface area contributed by atoms with Crippen LogP contribution >= 0.6 is 22.6 Å². The maximum absolute atomic E-state index is 14.1. The van der Waals surface area contributed by atoms with Crippen LogP contribution in [0.3, 0.4) is 0 Å². The fourth-order valence-corrected chi connectivity index (χ4v) is 5.49. The van der Waals surface area contributed by atoms with Crippen molar-refractivity contribution in [2.24, 2.45) is 11.5 Å². The molecule has 41 heavy (non-hydrogen) atoms. The number of rotatable bonds is 9. The first kappa shape index (κ1) is 30.7. The van der Waals surface area contributed by atoms with E-state index in [0.29, 0.717) is 11.1 Å². The van der Waals surface area contributed by atoms with Crippen molar-refractivity contribution in [1.82, 2.24) is 0 Å². The van der Waals surface area contributed by atoms with Crippen LogP contribution in [-0.2, 0) is 33.0 Å². The molecule has 0 bridgehead atoms. The lowest BCUT2D eigenvalue weighted by Crippen LogP contribution is -2.08. The van der Waals surface area contributed by atoms with Gasteiger partial charge >= 0.3 is 10.1 Å². The van der Waals surface area contributed by atoms with Crippen molar-refractivity contribution in [3.05, 3.63) is 107 Å². The highest BCUT2D eigenvalue weighted by atomic mass is 127. The highest BCUT2D eigenvalue weighted by Crippen LogP contribution is 2.43. The maximum Gasteiger partial charge on any atom is 0.419 e. The second-order valence-electron chi connectivity index (χ2n) is 8.72. The topological polar surface area (TPSA) is 105 Å². The fraction of sp³-hybridized carbons (Fsp3) is 0.143. The van der Waals surface area contributed by atoms with E-state index in [4.69, 9.17) is 20.9 Å². The summed E-state index contributed by atoms with van der Waals surface area (Å²) in [5.74, 6) is -0.491. The van der Waals surface area contributed by atoms with Gasteiger partial charge in [0.25, 0.3) is 0 Å². The lowest BCUT2D eigenvalue weighted by atomic mass is 10.1. The lowest BCUT2D eigenvalue weighted by molar-refractivity contribution is -0.138. The third-order valence-electron chi connectivity index (χ3n) is 5.90. The van der Waals surface area contributed by atoms with Crippen molar-refractivity contribution in [1.29, 1.82) is 0 Å². The van der Waals surface area contributed by atoms with Gasteiger partial charge in [-0.25, -0.2) is 8.42 Å². The van der Waals surface area contributed by atoms with Gasteiger partial charge in [0.15, 0.2) is 0 Å². The van der Waals surface area contributed by atoms with Gasteiger partial charge in [0.2, 0.25) is 9.84 Å². The third kappa shape index (κ3) is 7.15. The monoisotopic (exact) mass is 704 g/mol. The quantitative estimate of drug-likeness (QED) is 0.106. The number of benzene rings is 4. The second-order valence-corrected chi connectivity index (χ2v) is 12.0. The minimum absolute atomic E-state index is 0.00149. The average molecular weight is 704 g/mol. The summed E-state index contributed by atoms with van der Waals surface area (Å²) >= 11 is 0.985. The van der Waals surface area contributed by atoms with Crippen LogP contribution in [0.15, 0.2) is 94.7 Å². The summed E-state index contributed by atoms with van der Waals surface area (Å²) in [5.41, 5.74) is 10.8. The van der Waals surface area contributed by atoms with Gasteiger partial charge < -0.3 is 20.9 Å². The molecule has 6 nitrogen and oxygen atoms in total. The van der Waals surface area contributed by atoms with Crippen LogP contribution in [0.5, 0.6) is 23.0 Å². The van der Waals surface area contributed by atoms with E-state index in [1.54, 1.807) is 0 Å². The zero-order valence-corrected chi connectivity index (χ0v) is 23.9. The molecule has 4 N–H and O–H groups in total. The van der Waals surface area contributed by atoms with E-state index in [9.17, 15) is 30.4 Å². The van der Waals surface area contributed by atoms with E-state index < -0.39 is 31.3 Å². The van der Waals surface area contributed by atoms with Crippen LogP contribution in [0.4, 0.5) is 22.0 Å². The first-order valence-corrected chi connectivity index (χ1v) is 14.4. The molecule has 4 aromatic carbocycles. The molecular formula is C28H22F5IN2O4S. The number of halogens is 6. The number of sulfone groups is 1. The Morgan fingerprint density at radius 2 is 1.02 bits per heavy atom. The number of nitrogens with two attached hydrogens (primary N) is 2. The fourth-order valence-electron chi connectivity index (χ4n) is 3.79. The highest BCUT2D eigenvalue weighted by Gasteiger charge is 2.35. The van der Waals surface area contributed by atoms with Crippen LogP contribution in [0.1, 0.15) is 22.3 Å². The molecule has 0 aliphatic carbocycles. The zero-order chi connectivity index (χ0) is 30.0. The highest BCUT2D eigenvalue weighted by molar-refractivity contribution is 14.1. The van der Waals surface area contributed by atoms with Crippen LogP contribution in [-0.4, -0.2) is 8.42 Å². The minimum atomic E-state index is -4.67. The van der Waals surface area contributed by atoms with E-state index >= 15 is 0 Å². The van der Waals surface area contributed by atoms with Gasteiger partial charge in [0, 0.05) is 35.7 Å². The van der Waals surface area contributed by atoms with Gasteiger partial charge in [-0.3, -0.25) is 0 Å². The first-order valence-electron chi connectivity index (χ1n) is 11.8. The molecule has 0 aromatic heterocycles. The molecule has 0 aliphatic rings. The van der Waals surface area contributed by atoms with Crippen molar-refractivity contribution in [2.75, 3.05) is 0 Å². The Morgan fingerprint density at radius 3 is 1.39 bits per heavy atom. The molecule has 0 fully saturated rings. The Kier molecular flexibility index (Phi) is 8.92. The summed E-state index contributed by atoms with van der Waals surface area (Å²) in [6.45, 7) is 0.107. The SMILES string of the molecule is NCc1ccc(C(F)(F)F)c(Oc2ccc(S(=O)(=O)c3ccc(Oc4cc(CN)ccc4C(F)(F)I)cc3)cc2)c1. The van der Waals surface area contributed by atoms with Gasteiger partial charge in [0.05, 0.1) is 20.9 Å². The minimum Gasteiger partial charge on any atom is -0.457 e. The normalized spacial score (nSPS) is 12.3. The molecule has 0 saturated heterocycles. The molecular weight excluding hydrogens is 682 g/mol. The summed E-state index contributed by atoms with van der Waals surface area (Å²) < 4.78 is 102. The number of ether oxygens (including phenoxy) is 2. The van der Waals surface area contributed by atoms with Crippen LogP contribution in [0.25, 0.3) is 0 Å². The number of hydrogen-bond acceptors (Lipinski definition) is 6. The molecule has 4 aromatic rings. The van der Waals surface area contributed by atoms with Crippen molar-refractivity contribution in [3.63, 3.8) is 0 Å². The Hall–Kier alpha value is -3.27. The van der Waals surface area contributed by atoms with Crippen molar-refractivity contribution >= 4 is 32.4 Å². The Morgan fingerprint density at radius 1 is 0.634 bits per heavy atom. The van der Waals surface area contributed by atoms with Crippen molar-refractivity contribution in [2.45, 2.75) is 33.0 Å². The molecule has 0 amide bonds. The summed E-state index contributed by atoms with van der Waals surface area (Å²) in [7, 11) is -4.05. The third-order valence-corrected chi connectivity index (χ3v) is 8.26. The van der Waals surface area contributed by atoms with Crippen molar-refractivity contribution < 1.29 is 39.8 Å². The van der Waals surface area contributed by atoms with Crippen LogP contribution in [0, 0.1) is 0 Å². The Bertz CT molecular complexity index is 1520. The smallest absolute Gasteiger partial charge is 0.419 e. The van der Waals surface area contributed by atoms with Gasteiger partial charge in [-0.15, -0.1) is 0 Å². The molecule has 0 saturated carbocycles. The summed E-state index contributed by atoms with van der Waals surface area (Å²) in [4.78, 5) is -0.267. The second kappa shape index (κ2) is 11.9. The van der Waals surface area contributed by atoms with E-state index in [1.165, 1.54) is 78.9 Å². The van der Waals surface area contributed by atoms with Crippen LogP contribution < -0.4 is 20.9 Å². The molecule has 0 radical (unpaired) electrons. The number of hydrogen-bond donors (Lipinski definition) is 2. The molecule has 0 heterocycles. The average Bonchev–Trinajstić information content (AvgIpc) is 2.92. The summed E-state index contributed by atoms with van der Waals surface area (Å²) in [6.07, 6.45) is -4.67. The van der Waals surface area contributed by atoms with Gasteiger partial charge in [-0.05, 0) is 83.9 Å². The molecule has 0 spiro atoms. The van der Waals surface area contributed by atoms with Crippen molar-refractivity contribution in [3.8, 4) is 23.0 Å². The number of alkyl halides is 6. The molecule has 4 rings (SSSR count).